The molecule has 4 unspecified atom stereocenters. The lowest BCUT2D eigenvalue weighted by Gasteiger charge is -2.58. The number of nitrogens with zero attached hydrogens (tertiary/aromatic N) is 1. The van der Waals surface area contributed by atoms with Crippen LogP contribution in [-0.4, -0.2) is 70.7 Å². The van der Waals surface area contributed by atoms with Crippen molar-refractivity contribution in [1.82, 2.24) is 5.32 Å². The van der Waals surface area contributed by atoms with Crippen molar-refractivity contribution in [3.8, 4) is 0 Å². The van der Waals surface area contributed by atoms with Gasteiger partial charge in [-0.05, 0) is 85.6 Å². The first-order valence-corrected chi connectivity index (χ1v) is 15.5. The van der Waals surface area contributed by atoms with Crippen LogP contribution in [0.2, 0.25) is 0 Å². The SMILES string of the molecule is C[C@]12C[C@H](O)C3[C@@H](CCC4=CC(=O)C=C[C@@]43C)C1CCC2C(=O)COC(=O)C(CO)NC(=O)c1cccc(CCO[N+](=O)[O-])c1. The molecule has 0 aromatic heterocycles. The van der Waals surface area contributed by atoms with E-state index in [-0.39, 0.29) is 47.9 Å². The van der Waals surface area contributed by atoms with Gasteiger partial charge in [-0.15, -0.1) is 10.1 Å². The Morgan fingerprint density at radius 3 is 2.71 bits per heavy atom. The monoisotopic (exact) mass is 624 g/mol. The number of allylic oxidation sites excluding steroid dienone is 4. The molecule has 0 aliphatic heterocycles. The van der Waals surface area contributed by atoms with Crippen LogP contribution >= 0.6 is 0 Å². The molecule has 0 bridgehead atoms. The van der Waals surface area contributed by atoms with Gasteiger partial charge in [0.1, 0.15) is 13.2 Å². The first-order valence-electron chi connectivity index (χ1n) is 15.5. The summed E-state index contributed by atoms with van der Waals surface area (Å²) in [6.45, 7) is 2.71. The van der Waals surface area contributed by atoms with Crippen molar-refractivity contribution in [2.75, 3.05) is 19.8 Å². The van der Waals surface area contributed by atoms with Crippen LogP contribution in [-0.2, 0) is 30.4 Å². The van der Waals surface area contributed by atoms with E-state index in [4.69, 9.17) is 4.74 Å². The molecule has 4 aliphatic rings. The van der Waals surface area contributed by atoms with Crippen molar-refractivity contribution in [1.29, 1.82) is 0 Å². The van der Waals surface area contributed by atoms with Gasteiger partial charge in [-0.1, -0.05) is 37.6 Å². The molecule has 3 saturated carbocycles. The number of carbonyl (C=O) groups excluding carboxylic acids is 4. The Labute approximate surface area is 261 Å². The highest BCUT2D eigenvalue weighted by Crippen LogP contribution is 2.66. The third-order valence-corrected chi connectivity index (χ3v) is 10.8. The van der Waals surface area contributed by atoms with Crippen molar-refractivity contribution < 1.29 is 44.1 Å². The van der Waals surface area contributed by atoms with E-state index in [9.17, 15) is 39.5 Å². The molecule has 1 aromatic rings. The van der Waals surface area contributed by atoms with Crippen LogP contribution in [0.15, 0.2) is 48.1 Å². The maximum atomic E-state index is 13.5. The number of ether oxygens (including phenoxy) is 1. The number of hydrogen-bond acceptors (Lipinski definition) is 10. The molecular formula is C33H40N2O10. The predicted octanol–water partition coefficient (Wildman–Crippen LogP) is 2.54. The molecule has 0 spiro atoms. The predicted molar refractivity (Wildman–Crippen MR) is 159 cm³/mol. The lowest BCUT2D eigenvalue weighted by molar-refractivity contribution is -0.757. The summed E-state index contributed by atoms with van der Waals surface area (Å²) in [6.07, 6.45) is 8.26. The minimum Gasteiger partial charge on any atom is -0.456 e. The zero-order chi connectivity index (χ0) is 32.5. The van der Waals surface area contributed by atoms with Crippen molar-refractivity contribution in [2.45, 2.75) is 64.5 Å². The van der Waals surface area contributed by atoms with Crippen LogP contribution in [0, 0.1) is 44.6 Å². The molecular weight excluding hydrogens is 584 g/mol. The number of carbonyl (C=O) groups is 4. The molecule has 45 heavy (non-hydrogen) atoms. The van der Waals surface area contributed by atoms with Crippen LogP contribution in [0.5, 0.6) is 0 Å². The molecule has 3 N–H and O–H groups in total. The number of benzene rings is 1. The van der Waals surface area contributed by atoms with Crippen LogP contribution in [0.25, 0.3) is 0 Å². The molecule has 1 amide bonds. The van der Waals surface area contributed by atoms with Crippen LogP contribution < -0.4 is 5.32 Å². The Hall–Kier alpha value is -3.90. The number of aliphatic hydroxyl groups is 2. The number of Topliss-reactive ketones (excluding diaryl/α,β-unsaturated/α-hetero) is 1. The number of amides is 1. The van der Waals surface area contributed by atoms with E-state index in [2.05, 4.69) is 24.0 Å². The van der Waals surface area contributed by atoms with E-state index < -0.39 is 59.1 Å². The average molecular weight is 625 g/mol. The molecule has 0 heterocycles. The standard InChI is InChI=1S/C33H40N2O10/c1-32-12-10-22(37)15-21(32)6-7-23-24-8-9-25(33(24,2)16-27(38)29(23)32)28(39)18-44-31(41)26(17-36)34-30(40)20-5-3-4-19(14-20)11-13-45-35(42)43/h3-5,10,12,14-15,23-27,29,36,38H,6-9,11,13,16-18H2,1-2H3,(H,34,40)/t23-,24?,25?,26?,27-,29?,32-,33-/m0/s1. The number of nitrogens with one attached hydrogen (secondary N) is 1. The fourth-order valence-corrected chi connectivity index (χ4v) is 8.72. The van der Waals surface area contributed by atoms with Gasteiger partial charge in [0.2, 0.25) is 0 Å². The highest BCUT2D eigenvalue weighted by molar-refractivity contribution is 6.01. The lowest BCUT2D eigenvalue weighted by atomic mass is 9.46. The van der Waals surface area contributed by atoms with E-state index in [0.717, 1.165) is 24.8 Å². The second-order valence-corrected chi connectivity index (χ2v) is 13.2. The molecule has 3 fully saturated rings. The summed E-state index contributed by atoms with van der Waals surface area (Å²) in [5.41, 5.74) is 0.967. The fraction of sp³-hybridized carbons (Fsp3) is 0.576. The van der Waals surface area contributed by atoms with Crippen molar-refractivity contribution in [3.63, 3.8) is 0 Å². The number of rotatable bonds is 11. The summed E-state index contributed by atoms with van der Waals surface area (Å²) < 4.78 is 5.31. The molecule has 5 rings (SSSR count). The van der Waals surface area contributed by atoms with Gasteiger partial charge in [0.15, 0.2) is 17.6 Å². The average Bonchev–Trinajstić information content (AvgIpc) is 3.35. The molecule has 0 radical (unpaired) electrons. The summed E-state index contributed by atoms with van der Waals surface area (Å²) in [6, 6.07) is 4.83. The first-order chi connectivity index (χ1) is 21.4. The highest BCUT2D eigenvalue weighted by Gasteiger charge is 2.62. The van der Waals surface area contributed by atoms with Crippen LogP contribution in [0.4, 0.5) is 0 Å². The molecule has 12 heteroatoms. The van der Waals surface area contributed by atoms with Crippen LogP contribution in [0.3, 0.4) is 0 Å². The normalized spacial score (nSPS) is 32.3. The highest BCUT2D eigenvalue weighted by atomic mass is 16.9. The minimum absolute atomic E-state index is 0.0210. The van der Waals surface area contributed by atoms with Crippen molar-refractivity contribution in [3.05, 3.63) is 69.3 Å². The Kier molecular flexibility index (Phi) is 9.27. The van der Waals surface area contributed by atoms with Gasteiger partial charge < -0.3 is 25.1 Å². The van der Waals surface area contributed by atoms with E-state index in [1.165, 1.54) is 12.1 Å². The van der Waals surface area contributed by atoms with Gasteiger partial charge >= 0.3 is 5.97 Å². The summed E-state index contributed by atoms with van der Waals surface area (Å²) in [4.78, 5) is 65.8. The first kappa shape index (κ1) is 32.5. The third-order valence-electron chi connectivity index (χ3n) is 10.8. The molecule has 242 valence electrons. The summed E-state index contributed by atoms with van der Waals surface area (Å²) in [7, 11) is 0. The second-order valence-electron chi connectivity index (χ2n) is 13.2. The molecule has 0 saturated heterocycles. The maximum absolute atomic E-state index is 13.5. The van der Waals surface area contributed by atoms with Crippen molar-refractivity contribution >= 4 is 23.4 Å². The quantitative estimate of drug-likeness (QED) is 0.188. The van der Waals surface area contributed by atoms with Gasteiger partial charge in [0.05, 0.1) is 12.7 Å². The molecule has 4 aliphatic carbocycles. The summed E-state index contributed by atoms with van der Waals surface area (Å²) in [5.74, 6) is -1.96. The number of hydrogen-bond donors (Lipinski definition) is 3. The van der Waals surface area contributed by atoms with E-state index in [1.807, 2.05) is 6.08 Å². The smallest absolute Gasteiger partial charge is 0.331 e. The Morgan fingerprint density at radius 2 is 1.98 bits per heavy atom. The van der Waals surface area contributed by atoms with Gasteiger partial charge in [0, 0.05) is 22.8 Å². The van der Waals surface area contributed by atoms with Gasteiger partial charge in [0.25, 0.3) is 11.0 Å². The van der Waals surface area contributed by atoms with Gasteiger partial charge in [-0.2, -0.15) is 0 Å². The molecule has 12 nitrogen and oxygen atoms in total. The maximum Gasteiger partial charge on any atom is 0.331 e. The van der Waals surface area contributed by atoms with E-state index in [1.54, 1.807) is 24.3 Å². The molecule has 1 aromatic carbocycles. The minimum atomic E-state index is -1.41. The Bertz CT molecular complexity index is 1440. The number of aliphatic hydroxyl groups excluding tert-OH is 2. The number of ketones is 2. The fourth-order valence-electron chi connectivity index (χ4n) is 8.72. The van der Waals surface area contributed by atoms with E-state index in [0.29, 0.717) is 18.4 Å². The Balaban J connectivity index is 1.19. The summed E-state index contributed by atoms with van der Waals surface area (Å²) >= 11 is 0. The third kappa shape index (κ3) is 6.30. The number of fused-ring (bicyclic) bond motifs is 5. The largest absolute Gasteiger partial charge is 0.456 e. The van der Waals surface area contributed by atoms with Gasteiger partial charge in [-0.25, -0.2) is 4.79 Å². The second kappa shape index (κ2) is 12.8. The van der Waals surface area contributed by atoms with Gasteiger partial charge in [-0.3, -0.25) is 14.4 Å². The molecule has 8 atom stereocenters. The lowest BCUT2D eigenvalue weighted by Crippen LogP contribution is -2.56. The zero-order valence-electron chi connectivity index (χ0n) is 25.5. The summed E-state index contributed by atoms with van der Waals surface area (Å²) in [5, 5.41) is 33.2. The number of esters is 1. The Morgan fingerprint density at radius 1 is 1.20 bits per heavy atom. The topological polar surface area (TPSA) is 182 Å². The zero-order valence-corrected chi connectivity index (χ0v) is 25.5. The van der Waals surface area contributed by atoms with Crippen molar-refractivity contribution in [2.24, 2.45) is 34.5 Å². The van der Waals surface area contributed by atoms with Crippen LogP contribution in [0.1, 0.15) is 61.9 Å². The van der Waals surface area contributed by atoms with E-state index >= 15 is 0 Å².